The summed E-state index contributed by atoms with van der Waals surface area (Å²) in [6, 6.07) is 8.34. The van der Waals surface area contributed by atoms with Crippen molar-refractivity contribution in [2.45, 2.75) is 12.4 Å². The van der Waals surface area contributed by atoms with Crippen LogP contribution in [-0.2, 0) is 12.4 Å². The zero-order valence-corrected chi connectivity index (χ0v) is 13.2. The molecule has 0 saturated carbocycles. The number of nitriles is 1. The monoisotopic (exact) mass is 382 g/mol. The molecule has 4 nitrogen and oxygen atoms in total. The van der Waals surface area contributed by atoms with E-state index in [4.69, 9.17) is 5.26 Å². The van der Waals surface area contributed by atoms with Crippen LogP contribution in [0.25, 0.3) is 22.4 Å². The van der Waals surface area contributed by atoms with Gasteiger partial charge < -0.3 is 0 Å². The van der Waals surface area contributed by atoms with E-state index < -0.39 is 29.0 Å². The fraction of sp³-hybridized carbons (Fsp3) is 0.118. The first-order valence-electron chi connectivity index (χ1n) is 7.31. The highest BCUT2D eigenvalue weighted by Crippen LogP contribution is 2.41. The predicted octanol–water partition coefficient (Wildman–Crippen LogP) is 5.05. The van der Waals surface area contributed by atoms with Crippen molar-refractivity contribution in [3.05, 3.63) is 59.3 Å². The molecule has 10 heteroatoms. The molecular formula is C17H8F6N4. The van der Waals surface area contributed by atoms with Crippen LogP contribution in [0.15, 0.2) is 42.5 Å². The van der Waals surface area contributed by atoms with Gasteiger partial charge in [-0.2, -0.15) is 31.6 Å². The van der Waals surface area contributed by atoms with Gasteiger partial charge in [0.2, 0.25) is 0 Å². The molecule has 0 bridgehead atoms. The maximum absolute atomic E-state index is 13.3. The maximum atomic E-state index is 13.3. The topological polar surface area (TPSA) is 65.4 Å². The minimum atomic E-state index is -4.85. The van der Waals surface area contributed by atoms with E-state index in [1.54, 1.807) is 6.07 Å². The third-order valence-electron chi connectivity index (χ3n) is 3.76. The average molecular weight is 382 g/mol. The van der Waals surface area contributed by atoms with Crippen LogP contribution in [0, 0.1) is 11.3 Å². The summed E-state index contributed by atoms with van der Waals surface area (Å²) in [6.45, 7) is 0. The Hall–Kier alpha value is -3.35. The Balaban J connectivity index is 2.21. The summed E-state index contributed by atoms with van der Waals surface area (Å²) >= 11 is 0. The fourth-order valence-corrected chi connectivity index (χ4v) is 2.55. The van der Waals surface area contributed by atoms with E-state index in [2.05, 4.69) is 15.4 Å². The summed E-state index contributed by atoms with van der Waals surface area (Å²) in [5, 5.41) is 18.5. The molecule has 1 aromatic heterocycles. The van der Waals surface area contributed by atoms with Crippen LogP contribution in [0.4, 0.5) is 26.3 Å². The lowest BCUT2D eigenvalue weighted by molar-refractivity contribution is -0.141. The van der Waals surface area contributed by atoms with E-state index in [0.717, 1.165) is 0 Å². The zero-order chi connectivity index (χ0) is 19.8. The van der Waals surface area contributed by atoms with Crippen LogP contribution in [0.2, 0.25) is 0 Å². The largest absolute Gasteiger partial charge is 0.417 e. The fourth-order valence-electron chi connectivity index (χ4n) is 2.55. The van der Waals surface area contributed by atoms with Gasteiger partial charge in [0.15, 0.2) is 5.69 Å². The van der Waals surface area contributed by atoms with Gasteiger partial charge in [-0.25, -0.2) is 5.10 Å². The molecule has 0 aliphatic carbocycles. The molecule has 2 aromatic carbocycles. The van der Waals surface area contributed by atoms with Gasteiger partial charge in [-0.05, 0) is 35.4 Å². The van der Waals surface area contributed by atoms with Gasteiger partial charge in [-0.1, -0.05) is 23.4 Å². The molecule has 0 atom stereocenters. The van der Waals surface area contributed by atoms with E-state index in [-0.39, 0.29) is 22.5 Å². The van der Waals surface area contributed by atoms with Crippen molar-refractivity contribution < 1.29 is 26.3 Å². The number of halogens is 6. The number of nitrogens with zero attached hydrogens (tertiary/aromatic N) is 3. The predicted molar refractivity (Wildman–Crippen MR) is 82.0 cm³/mol. The summed E-state index contributed by atoms with van der Waals surface area (Å²) < 4.78 is 78.8. The van der Waals surface area contributed by atoms with Gasteiger partial charge in [0.05, 0.1) is 11.1 Å². The van der Waals surface area contributed by atoms with Crippen molar-refractivity contribution in [1.29, 1.82) is 5.26 Å². The summed E-state index contributed by atoms with van der Waals surface area (Å²) in [7, 11) is 0. The number of alkyl halides is 6. The standard InChI is InChI=1S/C17H8F6N4/c18-16(19,20)11-4-5-13(17(21,22)23)12(7-11)9-2-1-3-10(6-9)15-14(8-24)25-27-26-15/h1-7H,(H,25,26,27). The minimum absolute atomic E-state index is 0.0211. The van der Waals surface area contributed by atoms with Crippen molar-refractivity contribution in [3.63, 3.8) is 0 Å². The van der Waals surface area contributed by atoms with E-state index in [1.165, 1.54) is 24.3 Å². The maximum Gasteiger partial charge on any atom is 0.417 e. The van der Waals surface area contributed by atoms with Gasteiger partial charge in [0.1, 0.15) is 11.8 Å². The van der Waals surface area contributed by atoms with Gasteiger partial charge in [-0.15, -0.1) is 5.10 Å². The number of hydrogen-bond donors (Lipinski definition) is 1. The van der Waals surface area contributed by atoms with Crippen molar-refractivity contribution in [2.24, 2.45) is 0 Å². The number of nitrogens with one attached hydrogen (secondary N) is 1. The Morgan fingerprint density at radius 2 is 1.59 bits per heavy atom. The lowest BCUT2D eigenvalue weighted by Gasteiger charge is -2.16. The van der Waals surface area contributed by atoms with Crippen molar-refractivity contribution in [2.75, 3.05) is 0 Å². The Labute approximate surface area is 148 Å². The smallest absolute Gasteiger partial charge is 0.247 e. The van der Waals surface area contributed by atoms with E-state index >= 15 is 0 Å². The molecule has 0 fully saturated rings. The lowest BCUT2D eigenvalue weighted by Crippen LogP contribution is -2.11. The van der Waals surface area contributed by atoms with E-state index in [1.807, 2.05) is 0 Å². The molecule has 0 radical (unpaired) electrons. The second kappa shape index (κ2) is 6.42. The number of hydrogen-bond acceptors (Lipinski definition) is 3. The molecule has 3 rings (SSSR count). The van der Waals surface area contributed by atoms with Crippen LogP contribution in [-0.4, -0.2) is 15.4 Å². The van der Waals surface area contributed by atoms with Gasteiger partial charge in [0.25, 0.3) is 0 Å². The van der Waals surface area contributed by atoms with Crippen molar-refractivity contribution >= 4 is 0 Å². The Kier molecular flexibility index (Phi) is 4.39. The molecule has 0 aliphatic heterocycles. The van der Waals surface area contributed by atoms with Crippen LogP contribution in [0.5, 0.6) is 0 Å². The highest BCUT2D eigenvalue weighted by Gasteiger charge is 2.37. The molecule has 0 spiro atoms. The number of benzene rings is 2. The number of H-pyrrole nitrogens is 1. The molecule has 0 amide bonds. The second-order valence-electron chi connectivity index (χ2n) is 5.48. The van der Waals surface area contributed by atoms with Crippen LogP contribution < -0.4 is 0 Å². The highest BCUT2D eigenvalue weighted by atomic mass is 19.4. The van der Waals surface area contributed by atoms with E-state index in [9.17, 15) is 26.3 Å². The quantitative estimate of drug-likeness (QED) is 0.631. The summed E-state index contributed by atoms with van der Waals surface area (Å²) in [6.07, 6.45) is -9.64. The third-order valence-corrected chi connectivity index (χ3v) is 3.76. The van der Waals surface area contributed by atoms with Crippen molar-refractivity contribution in [3.8, 4) is 28.5 Å². The van der Waals surface area contributed by atoms with Gasteiger partial charge >= 0.3 is 12.4 Å². The number of aromatic nitrogens is 3. The van der Waals surface area contributed by atoms with Gasteiger partial charge in [-0.3, -0.25) is 0 Å². The SMILES string of the molecule is N#Cc1[nH]nnc1-c1cccc(-c2cc(C(F)(F)F)ccc2C(F)(F)F)c1. The average Bonchev–Trinajstić information content (AvgIpc) is 3.08. The first kappa shape index (κ1) is 18.4. The van der Waals surface area contributed by atoms with Crippen LogP contribution in [0.3, 0.4) is 0 Å². The molecule has 27 heavy (non-hydrogen) atoms. The number of aromatic amines is 1. The Morgan fingerprint density at radius 3 is 2.22 bits per heavy atom. The summed E-state index contributed by atoms with van der Waals surface area (Å²) in [5.41, 5.74) is -2.82. The molecule has 3 aromatic rings. The van der Waals surface area contributed by atoms with Crippen molar-refractivity contribution in [1.82, 2.24) is 15.4 Å². The molecular weight excluding hydrogens is 374 g/mol. The normalized spacial score (nSPS) is 12.0. The lowest BCUT2D eigenvalue weighted by atomic mass is 9.94. The molecule has 0 saturated heterocycles. The van der Waals surface area contributed by atoms with Gasteiger partial charge in [0, 0.05) is 5.56 Å². The van der Waals surface area contributed by atoms with Crippen LogP contribution in [0.1, 0.15) is 16.8 Å². The number of rotatable bonds is 2. The Bertz CT molecular complexity index is 1030. The highest BCUT2D eigenvalue weighted by molar-refractivity contribution is 5.75. The summed E-state index contributed by atoms with van der Waals surface area (Å²) in [5.74, 6) is 0. The Morgan fingerprint density at radius 1 is 0.889 bits per heavy atom. The second-order valence-corrected chi connectivity index (χ2v) is 5.48. The molecule has 1 N–H and O–H groups in total. The van der Waals surface area contributed by atoms with Crippen LogP contribution >= 0.6 is 0 Å². The summed E-state index contributed by atoms with van der Waals surface area (Å²) in [4.78, 5) is 0. The zero-order valence-electron chi connectivity index (χ0n) is 13.2. The molecule has 1 heterocycles. The molecule has 0 aliphatic rings. The van der Waals surface area contributed by atoms with E-state index in [0.29, 0.717) is 18.2 Å². The first-order chi connectivity index (χ1) is 12.6. The third kappa shape index (κ3) is 3.62. The first-order valence-corrected chi connectivity index (χ1v) is 7.31. The minimum Gasteiger partial charge on any atom is -0.247 e. The molecule has 0 unspecified atom stereocenters. The molecule has 138 valence electrons.